The van der Waals surface area contributed by atoms with Gasteiger partial charge in [0.15, 0.2) is 0 Å². The fourth-order valence-electron chi connectivity index (χ4n) is 0. The molecule has 0 N–H and O–H groups in total. The van der Waals surface area contributed by atoms with E-state index in [1.807, 2.05) is 0 Å². The van der Waals surface area contributed by atoms with Crippen molar-refractivity contribution >= 4 is 15.2 Å². The van der Waals surface area contributed by atoms with Crippen LogP contribution in [0.15, 0.2) is 0 Å². The average Bonchev–Trinajstić information content (AvgIpc) is 1.38. The van der Waals surface area contributed by atoms with Crippen molar-refractivity contribution in [1.82, 2.24) is 0 Å². The van der Waals surface area contributed by atoms with Gasteiger partial charge in [-0.3, -0.25) is 0 Å². The van der Waals surface area contributed by atoms with Crippen molar-refractivity contribution in [3.63, 3.8) is 0 Å². The summed E-state index contributed by atoms with van der Waals surface area (Å²) in [4.78, 5) is 0. The van der Waals surface area contributed by atoms with Gasteiger partial charge in [-0.25, -0.2) is 0 Å². The van der Waals surface area contributed by atoms with Crippen LogP contribution in [0.1, 0.15) is 13.8 Å². The van der Waals surface area contributed by atoms with Gasteiger partial charge < -0.3 is 0 Å². The first kappa shape index (κ1) is 5.53. The van der Waals surface area contributed by atoms with Crippen molar-refractivity contribution in [1.29, 1.82) is 0 Å². The Morgan fingerprint density at radius 2 is 1.60 bits per heavy atom. The standard InChI is InChI=1S/C3H7.CH3.Al/c1-3-2;;/h3H,1-2H3;1H3;/q;;+1. The molecule has 0 saturated heterocycles. The monoisotopic (exact) mass is 85.1 g/mol. The summed E-state index contributed by atoms with van der Waals surface area (Å²) in [7, 11) is 0. The fourth-order valence-corrected chi connectivity index (χ4v) is 0. The van der Waals surface area contributed by atoms with E-state index in [1.54, 1.807) is 0 Å². The third-order valence-electron chi connectivity index (χ3n) is 0.667. The van der Waals surface area contributed by atoms with E-state index in [1.165, 1.54) is 0 Å². The van der Waals surface area contributed by atoms with Gasteiger partial charge in [0, 0.05) is 0 Å². The van der Waals surface area contributed by atoms with Gasteiger partial charge in [-0.1, -0.05) is 0 Å². The van der Waals surface area contributed by atoms with Crippen LogP contribution in [0.25, 0.3) is 0 Å². The average molecular weight is 85.1 g/mol. The second-order valence-electron chi connectivity index (χ2n) is 1.58. The Morgan fingerprint density at radius 1 is 1.40 bits per heavy atom. The molecule has 0 aromatic rings. The summed E-state index contributed by atoms with van der Waals surface area (Å²) in [6, 6.07) is 0. The molecule has 0 bridgehead atoms. The summed E-state index contributed by atoms with van der Waals surface area (Å²) >= 11 is 0.731. The van der Waals surface area contributed by atoms with Gasteiger partial charge in [0.2, 0.25) is 0 Å². The molecule has 0 saturated carbocycles. The molecule has 0 unspecified atom stereocenters. The van der Waals surface area contributed by atoms with E-state index >= 15 is 0 Å². The first-order valence-corrected chi connectivity index (χ1v) is 3.89. The zero-order valence-corrected chi connectivity index (χ0v) is 5.31. The predicted molar refractivity (Wildman–Crippen MR) is 26.7 cm³/mol. The summed E-state index contributed by atoms with van der Waals surface area (Å²) < 4.78 is 0.968. The fraction of sp³-hybridized carbons (Fsp3) is 1.00. The molecule has 0 fully saturated rings. The Hall–Kier alpha value is 0.532. The van der Waals surface area contributed by atoms with Crippen LogP contribution in [0.3, 0.4) is 0 Å². The summed E-state index contributed by atoms with van der Waals surface area (Å²) in [5, 5.41) is 0. The molecule has 5 heavy (non-hydrogen) atoms. The Balaban J connectivity index is 2.54. The Labute approximate surface area is 40.3 Å². The quantitative estimate of drug-likeness (QED) is 0.424. The van der Waals surface area contributed by atoms with E-state index in [0.29, 0.717) is 0 Å². The Bertz CT molecular complexity index is 17.6. The van der Waals surface area contributed by atoms with Crippen LogP contribution >= 0.6 is 0 Å². The van der Waals surface area contributed by atoms with Gasteiger partial charge in [-0.05, 0) is 0 Å². The molecule has 0 spiro atoms. The molecule has 0 amide bonds. The van der Waals surface area contributed by atoms with Crippen LogP contribution in [-0.4, -0.2) is 15.2 Å². The molecule has 0 aromatic heterocycles. The zero-order valence-electron chi connectivity index (χ0n) is 4.15. The number of hydrogen-bond acceptors (Lipinski definition) is 0. The van der Waals surface area contributed by atoms with Gasteiger partial charge in [0.25, 0.3) is 0 Å². The maximum absolute atomic E-state index is 2.28. The van der Waals surface area contributed by atoms with E-state index in [0.717, 1.165) is 20.0 Å². The van der Waals surface area contributed by atoms with Gasteiger partial charge in [-0.15, -0.1) is 0 Å². The summed E-state index contributed by atoms with van der Waals surface area (Å²) in [6.45, 7) is 4.52. The molecule has 0 aliphatic rings. The minimum atomic E-state index is 0.731. The SMILES string of the molecule is [CH3][Al+][CH](C)C. The maximum atomic E-state index is 2.28. The van der Waals surface area contributed by atoms with Crippen molar-refractivity contribution in [2.75, 3.05) is 0 Å². The number of hydrogen-bond donors (Lipinski definition) is 0. The second-order valence-corrected chi connectivity index (χ2v) is 3.58. The van der Waals surface area contributed by atoms with E-state index < -0.39 is 0 Å². The van der Waals surface area contributed by atoms with Crippen molar-refractivity contribution in [2.45, 2.75) is 24.4 Å². The van der Waals surface area contributed by atoms with Crippen molar-refractivity contribution in [3.8, 4) is 0 Å². The van der Waals surface area contributed by atoms with Crippen molar-refractivity contribution < 1.29 is 0 Å². The van der Waals surface area contributed by atoms with Gasteiger partial charge >= 0.3 is 39.6 Å². The van der Waals surface area contributed by atoms with Gasteiger partial charge in [-0.2, -0.15) is 0 Å². The molecule has 0 radical (unpaired) electrons. The second kappa shape index (κ2) is 2.75. The molecule has 0 rings (SSSR count). The third-order valence-corrected chi connectivity index (χ3v) is 2.00. The molecule has 28 valence electrons. The molecule has 0 aromatic carbocycles. The Kier molecular flexibility index (Phi) is 3.05. The van der Waals surface area contributed by atoms with E-state index in [4.69, 9.17) is 0 Å². The normalized spacial score (nSPS) is 8.00. The van der Waals surface area contributed by atoms with Crippen molar-refractivity contribution in [3.05, 3.63) is 0 Å². The van der Waals surface area contributed by atoms with Crippen LogP contribution in [-0.2, 0) is 0 Å². The van der Waals surface area contributed by atoms with Gasteiger partial charge in [0.1, 0.15) is 0 Å². The minimum absolute atomic E-state index is 0.731. The molecule has 0 aliphatic heterocycles. The summed E-state index contributed by atoms with van der Waals surface area (Å²) in [5.41, 5.74) is 0. The molecule has 0 heterocycles. The molecule has 0 atom stereocenters. The van der Waals surface area contributed by atoms with E-state index in [2.05, 4.69) is 19.6 Å². The predicted octanol–water partition coefficient (Wildman–Crippen LogP) is 1.57. The molecular weight excluding hydrogens is 75.0 g/mol. The van der Waals surface area contributed by atoms with Crippen LogP contribution in [0.4, 0.5) is 0 Å². The van der Waals surface area contributed by atoms with Crippen LogP contribution in [0.5, 0.6) is 0 Å². The first-order chi connectivity index (χ1) is 2.27. The topological polar surface area (TPSA) is 0 Å². The van der Waals surface area contributed by atoms with Crippen LogP contribution in [0.2, 0.25) is 10.6 Å². The molecule has 1 heteroatoms. The van der Waals surface area contributed by atoms with Crippen LogP contribution < -0.4 is 0 Å². The Morgan fingerprint density at radius 3 is 1.60 bits per heavy atom. The number of rotatable bonds is 1. The summed E-state index contributed by atoms with van der Waals surface area (Å²) in [5.74, 6) is 2.28. The van der Waals surface area contributed by atoms with E-state index in [9.17, 15) is 0 Å². The third kappa shape index (κ3) is 4.53. The molecule has 0 aliphatic carbocycles. The summed E-state index contributed by atoms with van der Waals surface area (Å²) in [6.07, 6.45) is 0. The van der Waals surface area contributed by atoms with Crippen molar-refractivity contribution in [2.24, 2.45) is 0 Å². The molecular formula is C4H10Al+. The van der Waals surface area contributed by atoms with Gasteiger partial charge in [0.05, 0.1) is 0 Å². The van der Waals surface area contributed by atoms with Crippen LogP contribution in [0, 0.1) is 0 Å². The van der Waals surface area contributed by atoms with E-state index in [-0.39, 0.29) is 0 Å². The first-order valence-electron chi connectivity index (χ1n) is 2.07. The zero-order chi connectivity index (χ0) is 4.28. The molecule has 0 nitrogen and oxygen atoms in total.